The predicted molar refractivity (Wildman–Crippen MR) is 81.9 cm³/mol. The van der Waals surface area contributed by atoms with E-state index in [2.05, 4.69) is 18.8 Å². The molecule has 4 nitrogen and oxygen atoms in total. The summed E-state index contributed by atoms with van der Waals surface area (Å²) in [5.41, 5.74) is 1.37. The molecule has 1 aromatic heterocycles. The smallest absolute Gasteiger partial charge is 0.137 e. The maximum absolute atomic E-state index is 11.2. The molecule has 2 unspecified atom stereocenters. The minimum Gasteiger partial charge on any atom is -0.491 e. The first kappa shape index (κ1) is 15.4. The number of nitrogens with zero attached hydrogens (tertiary/aromatic N) is 1. The van der Waals surface area contributed by atoms with Crippen molar-refractivity contribution in [1.82, 2.24) is 4.98 Å². The van der Waals surface area contributed by atoms with Crippen molar-refractivity contribution in [3.05, 3.63) is 24.0 Å². The predicted octanol–water partition coefficient (Wildman–Crippen LogP) is 2.76. The zero-order valence-electron chi connectivity index (χ0n) is 12.5. The van der Waals surface area contributed by atoms with Crippen molar-refractivity contribution in [2.24, 2.45) is 10.6 Å². The topological polar surface area (TPSA) is 65.2 Å². The number of aromatic nitrogens is 1. The number of pyridine rings is 1. The fraction of sp³-hybridized carbons (Fsp3) is 0.667. The van der Waals surface area contributed by atoms with Crippen LogP contribution in [0.5, 0.6) is 5.75 Å². The summed E-state index contributed by atoms with van der Waals surface area (Å²) in [6.45, 7) is 7.00. The number of rotatable bonds is 7. The molecule has 3 atom stereocenters. The van der Waals surface area contributed by atoms with Gasteiger partial charge < -0.3 is 4.74 Å². The van der Waals surface area contributed by atoms with Gasteiger partial charge in [0.1, 0.15) is 5.75 Å². The van der Waals surface area contributed by atoms with Crippen molar-refractivity contribution in [1.29, 1.82) is 0 Å². The standard InChI is InChI=1S/C15H24N2O2S/c1-11(8-12(2)20(16)18)14-5-4-13(9-17-14)19-10-15(3)6-7-15/h4-5,9,11-12H,6-8,10,16H2,1-3H3/t11-,12?,20?/m1/s1. The average Bonchev–Trinajstić information content (AvgIpc) is 3.15. The van der Waals surface area contributed by atoms with Gasteiger partial charge in [-0.2, -0.15) is 0 Å². The summed E-state index contributed by atoms with van der Waals surface area (Å²) in [5, 5.41) is 5.39. The molecule has 20 heavy (non-hydrogen) atoms. The lowest BCUT2D eigenvalue weighted by Crippen LogP contribution is -2.20. The van der Waals surface area contributed by atoms with E-state index in [0.717, 1.165) is 24.5 Å². The molecule has 0 bridgehead atoms. The lowest BCUT2D eigenvalue weighted by atomic mass is 10.0. The van der Waals surface area contributed by atoms with E-state index in [9.17, 15) is 4.21 Å². The van der Waals surface area contributed by atoms with Gasteiger partial charge in [0.25, 0.3) is 0 Å². The maximum atomic E-state index is 11.2. The van der Waals surface area contributed by atoms with Crippen LogP contribution in [-0.2, 0) is 11.0 Å². The first-order chi connectivity index (χ1) is 9.39. The van der Waals surface area contributed by atoms with Crippen LogP contribution in [0.1, 0.15) is 51.6 Å². The van der Waals surface area contributed by atoms with E-state index >= 15 is 0 Å². The van der Waals surface area contributed by atoms with Gasteiger partial charge >= 0.3 is 0 Å². The quantitative estimate of drug-likeness (QED) is 0.841. The van der Waals surface area contributed by atoms with Crippen molar-refractivity contribution < 1.29 is 8.95 Å². The van der Waals surface area contributed by atoms with Crippen molar-refractivity contribution in [3.8, 4) is 5.75 Å². The second-order valence-corrected chi connectivity index (χ2v) is 7.76. The van der Waals surface area contributed by atoms with Crippen molar-refractivity contribution in [2.45, 2.75) is 51.2 Å². The molecule has 1 fully saturated rings. The van der Waals surface area contributed by atoms with Crippen LogP contribution in [0, 0.1) is 5.41 Å². The van der Waals surface area contributed by atoms with E-state index in [1.807, 2.05) is 19.1 Å². The van der Waals surface area contributed by atoms with Crippen LogP contribution in [0.4, 0.5) is 0 Å². The maximum Gasteiger partial charge on any atom is 0.137 e. The van der Waals surface area contributed by atoms with E-state index in [1.165, 1.54) is 12.8 Å². The SMILES string of the molecule is CC(C[C@@H](C)c1ccc(OCC2(C)CC2)cn1)S(N)=O. The van der Waals surface area contributed by atoms with E-state index in [4.69, 9.17) is 9.88 Å². The van der Waals surface area contributed by atoms with E-state index < -0.39 is 11.0 Å². The van der Waals surface area contributed by atoms with Crippen LogP contribution in [0.3, 0.4) is 0 Å². The second kappa shape index (κ2) is 6.22. The molecule has 0 aliphatic heterocycles. The Morgan fingerprint density at radius 2 is 2.15 bits per heavy atom. The second-order valence-electron chi connectivity index (χ2n) is 6.29. The van der Waals surface area contributed by atoms with Gasteiger partial charge in [-0.3, -0.25) is 10.1 Å². The Morgan fingerprint density at radius 1 is 1.45 bits per heavy atom. The summed E-state index contributed by atoms with van der Waals surface area (Å²) in [4.78, 5) is 4.45. The molecular formula is C15H24N2O2S. The molecule has 0 amide bonds. The van der Waals surface area contributed by atoms with Gasteiger partial charge in [0.2, 0.25) is 0 Å². The monoisotopic (exact) mass is 296 g/mol. The molecule has 1 aliphatic rings. The van der Waals surface area contributed by atoms with Crippen LogP contribution in [0.15, 0.2) is 18.3 Å². The largest absolute Gasteiger partial charge is 0.491 e. The van der Waals surface area contributed by atoms with Gasteiger partial charge in [-0.15, -0.1) is 0 Å². The molecule has 0 radical (unpaired) electrons. The average molecular weight is 296 g/mol. The van der Waals surface area contributed by atoms with E-state index in [1.54, 1.807) is 6.20 Å². The third-order valence-corrected chi connectivity index (χ3v) is 5.02. The Balaban J connectivity index is 1.88. The highest BCUT2D eigenvalue weighted by molar-refractivity contribution is 7.83. The summed E-state index contributed by atoms with van der Waals surface area (Å²) >= 11 is 0. The number of hydrogen-bond acceptors (Lipinski definition) is 3. The third kappa shape index (κ3) is 4.28. The highest BCUT2D eigenvalue weighted by Gasteiger charge is 2.38. The summed E-state index contributed by atoms with van der Waals surface area (Å²) in [7, 11) is -1.27. The van der Waals surface area contributed by atoms with Gasteiger partial charge in [0.15, 0.2) is 0 Å². The fourth-order valence-corrected chi connectivity index (χ4v) is 2.58. The first-order valence-electron chi connectivity index (χ1n) is 7.13. The van der Waals surface area contributed by atoms with Crippen molar-refractivity contribution in [2.75, 3.05) is 6.61 Å². The Kier molecular flexibility index (Phi) is 4.81. The van der Waals surface area contributed by atoms with Gasteiger partial charge in [0, 0.05) is 16.4 Å². The number of ether oxygens (including phenoxy) is 1. The van der Waals surface area contributed by atoms with Gasteiger partial charge in [0.05, 0.1) is 23.8 Å². The van der Waals surface area contributed by atoms with Crippen molar-refractivity contribution in [3.63, 3.8) is 0 Å². The molecule has 2 N–H and O–H groups in total. The lowest BCUT2D eigenvalue weighted by molar-refractivity contribution is 0.246. The molecule has 0 spiro atoms. The normalized spacial score (nSPS) is 21.0. The minimum absolute atomic E-state index is 0.0162. The molecule has 1 aliphatic carbocycles. The minimum atomic E-state index is -1.27. The highest BCUT2D eigenvalue weighted by Crippen LogP contribution is 2.45. The summed E-state index contributed by atoms with van der Waals surface area (Å²) < 4.78 is 17.0. The van der Waals surface area contributed by atoms with Gasteiger partial charge in [-0.05, 0) is 44.2 Å². The summed E-state index contributed by atoms with van der Waals surface area (Å²) in [6.07, 6.45) is 5.06. The third-order valence-electron chi connectivity index (χ3n) is 4.04. The summed E-state index contributed by atoms with van der Waals surface area (Å²) in [5.74, 6) is 1.07. The van der Waals surface area contributed by atoms with Crippen molar-refractivity contribution >= 4 is 11.0 Å². The van der Waals surface area contributed by atoms with Crippen LogP contribution in [0.25, 0.3) is 0 Å². The summed E-state index contributed by atoms with van der Waals surface area (Å²) in [6, 6.07) is 3.95. The molecule has 1 heterocycles. The van der Waals surface area contributed by atoms with Gasteiger partial charge in [-0.1, -0.05) is 13.8 Å². The Hall–Kier alpha value is -0.940. The highest BCUT2D eigenvalue weighted by atomic mass is 32.2. The Labute approximate surface area is 123 Å². The molecule has 112 valence electrons. The zero-order valence-corrected chi connectivity index (χ0v) is 13.3. The molecule has 0 aromatic carbocycles. The molecule has 1 aromatic rings. The van der Waals surface area contributed by atoms with Crippen LogP contribution >= 0.6 is 0 Å². The Morgan fingerprint density at radius 3 is 2.65 bits per heavy atom. The number of hydrogen-bond donors (Lipinski definition) is 1. The van der Waals surface area contributed by atoms with Crippen LogP contribution < -0.4 is 9.88 Å². The molecule has 0 saturated heterocycles. The molecule has 2 rings (SSSR count). The molecule has 1 saturated carbocycles. The molecule has 5 heteroatoms. The van der Waals surface area contributed by atoms with Crippen LogP contribution in [0.2, 0.25) is 0 Å². The molecular weight excluding hydrogens is 272 g/mol. The first-order valence-corrected chi connectivity index (χ1v) is 8.41. The lowest BCUT2D eigenvalue weighted by Gasteiger charge is -2.15. The Bertz CT molecular complexity index is 471. The fourth-order valence-electron chi connectivity index (χ4n) is 2.10. The van der Waals surface area contributed by atoms with Gasteiger partial charge in [-0.25, -0.2) is 4.21 Å². The number of nitrogens with two attached hydrogens (primary N) is 1. The van der Waals surface area contributed by atoms with Crippen LogP contribution in [-0.4, -0.2) is 21.0 Å². The van der Waals surface area contributed by atoms with E-state index in [0.29, 0.717) is 5.41 Å². The van der Waals surface area contributed by atoms with E-state index in [-0.39, 0.29) is 11.2 Å². The zero-order chi connectivity index (χ0) is 14.8.